The smallest absolute Gasteiger partial charge is 0.257 e. The van der Waals surface area contributed by atoms with E-state index in [0.29, 0.717) is 24.6 Å². The first kappa shape index (κ1) is 16.2. The summed E-state index contributed by atoms with van der Waals surface area (Å²) in [5.41, 5.74) is 1.09. The van der Waals surface area contributed by atoms with E-state index in [9.17, 15) is 4.79 Å². The van der Waals surface area contributed by atoms with E-state index in [0.717, 1.165) is 16.2 Å². The Kier molecular flexibility index (Phi) is 5.22. The number of carbonyl (C=O) groups excluding carboxylic acids is 1. The Morgan fingerprint density at radius 1 is 1.25 bits per heavy atom. The lowest BCUT2D eigenvalue weighted by atomic mass is 10.1. The third kappa shape index (κ3) is 4.20. The predicted octanol–water partition coefficient (Wildman–Crippen LogP) is 3.06. The van der Waals surface area contributed by atoms with Gasteiger partial charge >= 0.3 is 0 Å². The van der Waals surface area contributed by atoms with Crippen molar-refractivity contribution in [2.75, 3.05) is 7.11 Å². The zero-order valence-electron chi connectivity index (χ0n) is 13.2. The van der Waals surface area contributed by atoms with Crippen molar-refractivity contribution in [1.29, 1.82) is 0 Å². The first-order valence-electron chi connectivity index (χ1n) is 7.50. The van der Waals surface area contributed by atoms with Crippen molar-refractivity contribution in [1.82, 2.24) is 15.5 Å². The maximum absolute atomic E-state index is 11.9. The summed E-state index contributed by atoms with van der Waals surface area (Å²) in [6.45, 7) is 0.236. The Morgan fingerprint density at radius 2 is 2.08 bits per heavy atom. The maximum Gasteiger partial charge on any atom is 0.257 e. The highest BCUT2D eigenvalue weighted by Gasteiger charge is 2.10. The molecule has 0 saturated carbocycles. The number of benzene rings is 1. The first-order valence-corrected chi connectivity index (χ1v) is 8.38. The SMILES string of the molecule is COc1ccc(CCC(=O)NCc2nnc(-c3cccs3)o2)cc1. The molecule has 0 atom stereocenters. The summed E-state index contributed by atoms with van der Waals surface area (Å²) < 4.78 is 10.6. The van der Waals surface area contributed by atoms with Gasteiger partial charge in [0.1, 0.15) is 5.75 Å². The molecule has 0 spiro atoms. The van der Waals surface area contributed by atoms with E-state index in [4.69, 9.17) is 9.15 Å². The molecule has 0 aliphatic heterocycles. The molecular weight excluding hydrogens is 326 g/mol. The Balaban J connectivity index is 1.45. The second-order valence-electron chi connectivity index (χ2n) is 5.10. The van der Waals surface area contributed by atoms with Gasteiger partial charge in [-0.15, -0.1) is 21.5 Å². The van der Waals surface area contributed by atoms with Crippen LogP contribution in [0.1, 0.15) is 17.9 Å². The van der Waals surface area contributed by atoms with Gasteiger partial charge in [0, 0.05) is 6.42 Å². The molecule has 3 rings (SSSR count). The van der Waals surface area contributed by atoms with E-state index in [1.807, 2.05) is 41.8 Å². The minimum absolute atomic E-state index is 0.0540. The van der Waals surface area contributed by atoms with Gasteiger partial charge in [-0.25, -0.2) is 0 Å². The molecule has 2 aromatic heterocycles. The Bertz CT molecular complexity index is 782. The van der Waals surface area contributed by atoms with Gasteiger partial charge in [0.05, 0.1) is 18.5 Å². The molecule has 2 heterocycles. The van der Waals surface area contributed by atoms with Gasteiger partial charge in [0.25, 0.3) is 5.89 Å². The van der Waals surface area contributed by atoms with E-state index in [1.165, 1.54) is 11.3 Å². The molecule has 3 aromatic rings. The van der Waals surface area contributed by atoms with Crippen molar-refractivity contribution in [3.8, 4) is 16.5 Å². The first-order chi connectivity index (χ1) is 11.7. The van der Waals surface area contributed by atoms with Crippen molar-refractivity contribution in [3.05, 3.63) is 53.2 Å². The molecule has 0 aliphatic rings. The van der Waals surface area contributed by atoms with Crippen LogP contribution in [-0.2, 0) is 17.8 Å². The lowest BCUT2D eigenvalue weighted by Gasteiger charge is -2.04. The van der Waals surface area contributed by atoms with Crippen LogP contribution in [0.15, 0.2) is 46.2 Å². The molecule has 0 bridgehead atoms. The second kappa shape index (κ2) is 7.74. The van der Waals surface area contributed by atoms with Gasteiger partial charge in [-0.1, -0.05) is 18.2 Å². The number of amides is 1. The molecule has 6 nitrogen and oxygen atoms in total. The standard InChI is InChI=1S/C17H17N3O3S/c1-22-13-7-4-12(5-8-13)6-9-15(21)18-11-16-19-20-17(23-16)14-3-2-10-24-14/h2-5,7-8,10H,6,9,11H2,1H3,(H,18,21). The molecular formula is C17H17N3O3S. The summed E-state index contributed by atoms with van der Waals surface area (Å²) in [5, 5.41) is 12.7. The summed E-state index contributed by atoms with van der Waals surface area (Å²) in [4.78, 5) is 12.8. The number of carbonyl (C=O) groups is 1. The van der Waals surface area contributed by atoms with E-state index >= 15 is 0 Å². The number of nitrogens with one attached hydrogen (secondary N) is 1. The molecule has 0 fully saturated rings. The van der Waals surface area contributed by atoms with E-state index in [1.54, 1.807) is 7.11 Å². The number of rotatable bonds is 7. The van der Waals surface area contributed by atoms with Crippen LogP contribution >= 0.6 is 11.3 Å². The van der Waals surface area contributed by atoms with E-state index < -0.39 is 0 Å². The summed E-state index contributed by atoms with van der Waals surface area (Å²) in [6, 6.07) is 11.5. The minimum Gasteiger partial charge on any atom is -0.497 e. The number of hydrogen-bond acceptors (Lipinski definition) is 6. The summed E-state index contributed by atoms with van der Waals surface area (Å²) >= 11 is 1.53. The summed E-state index contributed by atoms with van der Waals surface area (Å²) in [5.74, 6) is 1.63. The lowest BCUT2D eigenvalue weighted by Crippen LogP contribution is -2.23. The van der Waals surface area contributed by atoms with Gasteiger partial charge in [0.15, 0.2) is 0 Å². The fourth-order valence-corrected chi connectivity index (χ4v) is 2.78. The molecule has 0 radical (unpaired) electrons. The Morgan fingerprint density at radius 3 is 2.79 bits per heavy atom. The summed E-state index contributed by atoms with van der Waals surface area (Å²) in [7, 11) is 1.63. The number of ether oxygens (including phenoxy) is 1. The maximum atomic E-state index is 11.9. The molecule has 1 amide bonds. The highest BCUT2D eigenvalue weighted by molar-refractivity contribution is 7.13. The molecule has 0 unspecified atom stereocenters. The van der Waals surface area contributed by atoms with Crippen LogP contribution in [-0.4, -0.2) is 23.2 Å². The quantitative estimate of drug-likeness (QED) is 0.713. The van der Waals surface area contributed by atoms with Gasteiger partial charge in [0.2, 0.25) is 11.8 Å². The van der Waals surface area contributed by atoms with Crippen molar-refractivity contribution >= 4 is 17.2 Å². The lowest BCUT2D eigenvalue weighted by molar-refractivity contribution is -0.121. The molecule has 24 heavy (non-hydrogen) atoms. The van der Waals surface area contributed by atoms with Crippen LogP contribution in [0.5, 0.6) is 5.75 Å². The van der Waals surface area contributed by atoms with Crippen molar-refractivity contribution in [2.45, 2.75) is 19.4 Å². The fourth-order valence-electron chi connectivity index (χ4n) is 2.14. The van der Waals surface area contributed by atoms with Crippen LogP contribution in [0.4, 0.5) is 0 Å². The van der Waals surface area contributed by atoms with Gasteiger partial charge in [-0.05, 0) is 35.6 Å². The number of nitrogens with zero attached hydrogens (tertiary/aromatic N) is 2. The Labute approximate surface area is 143 Å². The monoisotopic (exact) mass is 343 g/mol. The Hall–Kier alpha value is -2.67. The van der Waals surface area contributed by atoms with Gasteiger partial charge in [-0.2, -0.15) is 0 Å². The van der Waals surface area contributed by atoms with Crippen LogP contribution in [0.3, 0.4) is 0 Å². The zero-order valence-corrected chi connectivity index (χ0v) is 14.0. The van der Waals surface area contributed by atoms with Gasteiger partial charge < -0.3 is 14.5 Å². The number of thiophene rings is 1. The molecule has 124 valence electrons. The molecule has 0 saturated heterocycles. The number of hydrogen-bond donors (Lipinski definition) is 1. The third-order valence-corrected chi connectivity index (χ3v) is 4.29. The number of methoxy groups -OCH3 is 1. The van der Waals surface area contributed by atoms with Gasteiger partial charge in [-0.3, -0.25) is 4.79 Å². The average molecular weight is 343 g/mol. The highest BCUT2D eigenvalue weighted by atomic mass is 32.1. The van der Waals surface area contributed by atoms with Crippen LogP contribution in [0.25, 0.3) is 10.8 Å². The largest absolute Gasteiger partial charge is 0.497 e. The minimum atomic E-state index is -0.0540. The number of aryl methyl sites for hydroxylation is 1. The molecule has 7 heteroatoms. The molecule has 1 aromatic carbocycles. The van der Waals surface area contributed by atoms with Crippen LogP contribution in [0.2, 0.25) is 0 Å². The summed E-state index contributed by atoms with van der Waals surface area (Å²) in [6.07, 6.45) is 1.07. The molecule has 0 aliphatic carbocycles. The van der Waals surface area contributed by atoms with Crippen molar-refractivity contribution in [3.63, 3.8) is 0 Å². The third-order valence-electron chi connectivity index (χ3n) is 3.44. The van der Waals surface area contributed by atoms with Crippen molar-refractivity contribution in [2.24, 2.45) is 0 Å². The topological polar surface area (TPSA) is 77.2 Å². The normalized spacial score (nSPS) is 10.5. The van der Waals surface area contributed by atoms with E-state index in [2.05, 4.69) is 15.5 Å². The molecule has 1 N–H and O–H groups in total. The second-order valence-corrected chi connectivity index (χ2v) is 6.05. The van der Waals surface area contributed by atoms with Crippen molar-refractivity contribution < 1.29 is 13.9 Å². The zero-order chi connectivity index (χ0) is 16.8. The van der Waals surface area contributed by atoms with Crippen LogP contribution < -0.4 is 10.1 Å². The number of aromatic nitrogens is 2. The highest BCUT2D eigenvalue weighted by Crippen LogP contribution is 2.22. The predicted molar refractivity (Wildman–Crippen MR) is 90.8 cm³/mol. The fraction of sp³-hybridized carbons (Fsp3) is 0.235. The van der Waals surface area contributed by atoms with E-state index in [-0.39, 0.29) is 12.5 Å². The van der Waals surface area contributed by atoms with Crippen LogP contribution in [0, 0.1) is 0 Å². The average Bonchev–Trinajstić information content (AvgIpc) is 3.29.